The number of carbonyl (C=O) groups is 1. The summed E-state index contributed by atoms with van der Waals surface area (Å²) in [6, 6.07) is 8.91. The van der Waals surface area contributed by atoms with Crippen LogP contribution in [-0.2, 0) is 11.2 Å². The Morgan fingerprint density at radius 3 is 2.61 bits per heavy atom. The molecule has 1 aromatic rings. The molecular weight excluding hydrogens is 505 g/mol. The van der Waals surface area contributed by atoms with Gasteiger partial charge >= 0.3 is 0 Å². The Hall–Kier alpha value is -1.55. The highest BCUT2D eigenvalue weighted by Crippen LogP contribution is 2.19. The molecule has 1 aliphatic heterocycles. The molecular formula is C23H38IN5O2. The van der Waals surface area contributed by atoms with Gasteiger partial charge in [-0.25, -0.2) is 0 Å². The van der Waals surface area contributed by atoms with E-state index < -0.39 is 0 Å². The summed E-state index contributed by atoms with van der Waals surface area (Å²) in [6.07, 6.45) is 5.60. The molecule has 0 radical (unpaired) electrons. The topological polar surface area (TPSA) is 78.0 Å². The van der Waals surface area contributed by atoms with Crippen molar-refractivity contribution in [2.75, 3.05) is 39.3 Å². The Morgan fingerprint density at radius 2 is 1.94 bits per heavy atom. The smallest absolute Gasteiger partial charge is 0.258 e. The van der Waals surface area contributed by atoms with Crippen molar-refractivity contribution in [3.63, 3.8) is 0 Å². The zero-order valence-electron chi connectivity index (χ0n) is 18.9. The number of carbonyl (C=O) groups excluding carboxylic acids is 1. The fourth-order valence-electron chi connectivity index (χ4n) is 3.78. The number of likely N-dealkylation sites (tertiary alicyclic amines) is 1. The Balaban J connectivity index is 0.00000341. The van der Waals surface area contributed by atoms with Gasteiger partial charge in [-0.05, 0) is 69.8 Å². The second kappa shape index (κ2) is 13.8. The molecule has 1 unspecified atom stereocenters. The third-order valence-corrected chi connectivity index (χ3v) is 5.65. The Bertz CT molecular complexity index is 694. The molecule has 1 saturated carbocycles. The van der Waals surface area contributed by atoms with E-state index in [-0.39, 0.29) is 36.5 Å². The van der Waals surface area contributed by atoms with Gasteiger partial charge in [-0.1, -0.05) is 19.1 Å². The number of ether oxygens (including phenoxy) is 1. The van der Waals surface area contributed by atoms with Gasteiger partial charge in [0.25, 0.3) is 5.91 Å². The molecule has 3 rings (SSSR count). The number of hydrogen-bond acceptors (Lipinski definition) is 4. The number of hydrogen-bond donors (Lipinski definition) is 3. The molecule has 1 saturated heterocycles. The first kappa shape index (κ1) is 25.7. The summed E-state index contributed by atoms with van der Waals surface area (Å²) in [5, 5.41) is 9.71. The molecule has 0 spiro atoms. The van der Waals surface area contributed by atoms with E-state index in [1.165, 1.54) is 24.9 Å². The molecule has 2 aliphatic rings. The highest BCUT2D eigenvalue weighted by Gasteiger charge is 2.23. The fourth-order valence-corrected chi connectivity index (χ4v) is 3.78. The highest BCUT2D eigenvalue weighted by molar-refractivity contribution is 14.0. The van der Waals surface area contributed by atoms with E-state index >= 15 is 0 Å². The summed E-state index contributed by atoms with van der Waals surface area (Å²) in [7, 11) is 0. The average Bonchev–Trinajstić information content (AvgIpc) is 3.45. The van der Waals surface area contributed by atoms with Gasteiger partial charge in [-0.15, -0.1) is 24.0 Å². The molecule has 1 aromatic carbocycles. The lowest BCUT2D eigenvalue weighted by atomic mass is 10.1. The number of rotatable bonds is 11. The Labute approximate surface area is 203 Å². The number of nitrogens with zero attached hydrogens (tertiary/aromatic N) is 2. The summed E-state index contributed by atoms with van der Waals surface area (Å²) in [6.45, 7) is 9.23. The minimum absolute atomic E-state index is 0. The minimum atomic E-state index is -0.0410. The maximum absolute atomic E-state index is 11.7. The van der Waals surface area contributed by atoms with Crippen LogP contribution in [0.3, 0.4) is 0 Å². The number of halogens is 1. The Morgan fingerprint density at radius 1 is 1.16 bits per heavy atom. The molecule has 1 amide bonds. The lowest BCUT2D eigenvalue weighted by Crippen LogP contribution is -2.40. The molecule has 174 valence electrons. The van der Waals surface area contributed by atoms with Crippen molar-refractivity contribution in [2.24, 2.45) is 4.99 Å². The predicted molar refractivity (Wildman–Crippen MR) is 136 cm³/mol. The first-order valence-corrected chi connectivity index (χ1v) is 11.4. The van der Waals surface area contributed by atoms with Gasteiger partial charge in [0.15, 0.2) is 12.6 Å². The van der Waals surface area contributed by atoms with Crippen LogP contribution in [0.25, 0.3) is 0 Å². The first-order valence-electron chi connectivity index (χ1n) is 11.4. The van der Waals surface area contributed by atoms with E-state index in [1.807, 2.05) is 12.1 Å². The van der Waals surface area contributed by atoms with Gasteiger partial charge in [-0.3, -0.25) is 14.7 Å². The van der Waals surface area contributed by atoms with E-state index in [4.69, 9.17) is 9.73 Å². The van der Waals surface area contributed by atoms with E-state index in [1.54, 1.807) is 0 Å². The molecule has 8 heteroatoms. The average molecular weight is 543 g/mol. The predicted octanol–water partition coefficient (Wildman–Crippen LogP) is 2.54. The standard InChI is InChI=1S/C23H37N5O2.HI/c1-3-24-23(26-16-20-6-5-15-28(20)4-2)25-14-13-18-7-11-21(12-8-18)30-17-22(29)27-19-9-10-19;/h7-8,11-12,19-20H,3-6,9-10,13-17H2,1-2H3,(H,27,29)(H2,24,25,26);1H. The summed E-state index contributed by atoms with van der Waals surface area (Å²) in [5.74, 6) is 1.58. The van der Waals surface area contributed by atoms with Gasteiger partial charge in [0.05, 0.1) is 6.54 Å². The van der Waals surface area contributed by atoms with Crippen molar-refractivity contribution in [2.45, 2.75) is 58.0 Å². The van der Waals surface area contributed by atoms with Crippen LogP contribution in [-0.4, -0.2) is 68.2 Å². The molecule has 1 aliphatic carbocycles. The zero-order valence-corrected chi connectivity index (χ0v) is 21.2. The van der Waals surface area contributed by atoms with E-state index in [2.05, 4.69) is 46.8 Å². The number of benzene rings is 1. The van der Waals surface area contributed by atoms with Crippen LogP contribution >= 0.6 is 24.0 Å². The first-order chi connectivity index (χ1) is 14.7. The van der Waals surface area contributed by atoms with Crippen molar-refractivity contribution in [3.05, 3.63) is 29.8 Å². The van der Waals surface area contributed by atoms with Gasteiger partial charge in [-0.2, -0.15) is 0 Å². The molecule has 0 aromatic heterocycles. The zero-order chi connectivity index (χ0) is 21.2. The second-order valence-electron chi connectivity index (χ2n) is 8.10. The number of aliphatic imine (C=N–C) groups is 1. The van der Waals surface area contributed by atoms with E-state index in [0.717, 1.165) is 57.2 Å². The van der Waals surface area contributed by atoms with E-state index in [0.29, 0.717) is 12.1 Å². The SMILES string of the molecule is CCNC(=NCC1CCCN1CC)NCCc1ccc(OCC(=O)NC2CC2)cc1.I. The molecule has 3 N–H and O–H groups in total. The van der Waals surface area contributed by atoms with Crippen molar-refractivity contribution in [1.82, 2.24) is 20.9 Å². The minimum Gasteiger partial charge on any atom is -0.484 e. The molecule has 1 atom stereocenters. The van der Waals surface area contributed by atoms with Crippen LogP contribution in [0.15, 0.2) is 29.3 Å². The normalized spacial score (nSPS) is 18.9. The summed E-state index contributed by atoms with van der Waals surface area (Å²) in [4.78, 5) is 19.0. The lowest BCUT2D eigenvalue weighted by molar-refractivity contribution is -0.123. The lowest BCUT2D eigenvalue weighted by Gasteiger charge is -2.21. The summed E-state index contributed by atoms with van der Waals surface area (Å²) >= 11 is 0. The molecule has 2 fully saturated rings. The van der Waals surface area contributed by atoms with Gasteiger partial charge in [0.2, 0.25) is 0 Å². The van der Waals surface area contributed by atoms with Crippen molar-refractivity contribution in [3.8, 4) is 5.75 Å². The van der Waals surface area contributed by atoms with Crippen LogP contribution in [0, 0.1) is 0 Å². The molecule has 7 nitrogen and oxygen atoms in total. The van der Waals surface area contributed by atoms with Crippen molar-refractivity contribution < 1.29 is 9.53 Å². The van der Waals surface area contributed by atoms with Gasteiger partial charge in [0.1, 0.15) is 5.75 Å². The molecule has 0 bridgehead atoms. The number of guanidine groups is 1. The maximum Gasteiger partial charge on any atom is 0.258 e. The van der Waals surface area contributed by atoms with Crippen LogP contribution in [0.4, 0.5) is 0 Å². The van der Waals surface area contributed by atoms with Crippen molar-refractivity contribution in [1.29, 1.82) is 0 Å². The quantitative estimate of drug-likeness (QED) is 0.227. The van der Waals surface area contributed by atoms with Crippen molar-refractivity contribution >= 4 is 35.8 Å². The highest BCUT2D eigenvalue weighted by atomic mass is 127. The largest absolute Gasteiger partial charge is 0.484 e. The second-order valence-corrected chi connectivity index (χ2v) is 8.10. The van der Waals surface area contributed by atoms with E-state index in [9.17, 15) is 4.79 Å². The monoisotopic (exact) mass is 543 g/mol. The third kappa shape index (κ3) is 9.22. The van der Waals surface area contributed by atoms with Crippen LogP contribution in [0.2, 0.25) is 0 Å². The van der Waals surface area contributed by atoms with Gasteiger partial charge in [0, 0.05) is 25.2 Å². The maximum atomic E-state index is 11.7. The number of likely N-dealkylation sites (N-methyl/N-ethyl adjacent to an activating group) is 1. The molecule has 1 heterocycles. The fraction of sp³-hybridized carbons (Fsp3) is 0.652. The Kier molecular flexibility index (Phi) is 11.4. The van der Waals surface area contributed by atoms with Crippen LogP contribution in [0.1, 0.15) is 45.1 Å². The third-order valence-electron chi connectivity index (χ3n) is 5.65. The van der Waals surface area contributed by atoms with Crippen LogP contribution in [0.5, 0.6) is 5.75 Å². The van der Waals surface area contributed by atoms with Gasteiger partial charge < -0.3 is 20.7 Å². The van der Waals surface area contributed by atoms with Crippen LogP contribution < -0.4 is 20.7 Å². The summed E-state index contributed by atoms with van der Waals surface area (Å²) in [5.41, 5.74) is 1.22. The number of amides is 1. The summed E-state index contributed by atoms with van der Waals surface area (Å²) < 4.78 is 5.56. The number of nitrogens with one attached hydrogen (secondary N) is 3. The molecule has 31 heavy (non-hydrogen) atoms.